The monoisotopic (exact) mass is 271 g/mol. The molecule has 1 aliphatic rings. The van der Waals surface area contributed by atoms with Crippen LogP contribution in [0.1, 0.15) is 10.4 Å². The minimum absolute atomic E-state index is 0. The van der Waals surface area contributed by atoms with E-state index in [1.807, 2.05) is 18.2 Å². The highest BCUT2D eigenvalue weighted by Gasteiger charge is 2.11. The minimum atomic E-state index is -0.251. The summed E-state index contributed by atoms with van der Waals surface area (Å²) in [6, 6.07) is 9.07. The second kappa shape index (κ2) is 8.08. The van der Waals surface area contributed by atoms with Crippen LogP contribution in [0.3, 0.4) is 0 Å². The van der Waals surface area contributed by atoms with Crippen molar-refractivity contribution in [3.8, 4) is 0 Å². The third-order valence-electron chi connectivity index (χ3n) is 2.75. The molecule has 1 fully saturated rings. The summed E-state index contributed by atoms with van der Waals surface area (Å²) in [7, 11) is 0. The first-order chi connectivity index (χ1) is 8.36. The third kappa shape index (κ3) is 4.64. The van der Waals surface area contributed by atoms with Crippen LogP contribution in [0.15, 0.2) is 30.3 Å². The zero-order valence-electron chi connectivity index (χ0n) is 10.2. The Morgan fingerprint density at radius 2 is 1.89 bits per heavy atom. The molecule has 0 amide bonds. The van der Waals surface area contributed by atoms with Gasteiger partial charge in [-0.25, -0.2) is 4.79 Å². The summed E-state index contributed by atoms with van der Waals surface area (Å²) in [6.07, 6.45) is 0. The molecule has 0 saturated carbocycles. The Labute approximate surface area is 113 Å². The van der Waals surface area contributed by atoms with Gasteiger partial charge in [-0.1, -0.05) is 18.2 Å². The van der Waals surface area contributed by atoms with Crippen LogP contribution in [-0.2, 0) is 9.47 Å². The first-order valence-corrected chi connectivity index (χ1v) is 5.88. The van der Waals surface area contributed by atoms with Gasteiger partial charge in [0.2, 0.25) is 0 Å². The molecule has 18 heavy (non-hydrogen) atoms. The van der Waals surface area contributed by atoms with Gasteiger partial charge in [-0.15, -0.1) is 12.4 Å². The lowest BCUT2D eigenvalue weighted by Gasteiger charge is -2.26. The van der Waals surface area contributed by atoms with Gasteiger partial charge in [0, 0.05) is 19.6 Å². The van der Waals surface area contributed by atoms with E-state index in [1.165, 1.54) is 0 Å². The number of carbonyl (C=O) groups is 1. The van der Waals surface area contributed by atoms with E-state index in [0.29, 0.717) is 12.2 Å². The number of carbonyl (C=O) groups excluding carboxylic acids is 1. The van der Waals surface area contributed by atoms with E-state index in [9.17, 15) is 4.79 Å². The van der Waals surface area contributed by atoms with Crippen LogP contribution >= 0.6 is 12.4 Å². The Bertz CT molecular complexity index is 353. The number of benzene rings is 1. The Balaban J connectivity index is 0.00000162. The van der Waals surface area contributed by atoms with E-state index < -0.39 is 0 Å². The molecule has 2 rings (SSSR count). The summed E-state index contributed by atoms with van der Waals surface area (Å²) >= 11 is 0. The van der Waals surface area contributed by atoms with E-state index in [4.69, 9.17) is 9.47 Å². The molecule has 4 nitrogen and oxygen atoms in total. The number of halogens is 1. The van der Waals surface area contributed by atoms with Crippen molar-refractivity contribution in [2.45, 2.75) is 0 Å². The fourth-order valence-electron chi connectivity index (χ4n) is 1.75. The van der Waals surface area contributed by atoms with Crippen molar-refractivity contribution in [3.63, 3.8) is 0 Å². The molecule has 1 aliphatic heterocycles. The third-order valence-corrected chi connectivity index (χ3v) is 2.75. The average molecular weight is 272 g/mol. The number of rotatable bonds is 4. The first kappa shape index (κ1) is 15.0. The Morgan fingerprint density at radius 1 is 1.22 bits per heavy atom. The van der Waals surface area contributed by atoms with Gasteiger partial charge in [0.15, 0.2) is 0 Å². The molecular weight excluding hydrogens is 254 g/mol. The lowest BCUT2D eigenvalue weighted by atomic mass is 10.2. The zero-order valence-corrected chi connectivity index (χ0v) is 11.0. The molecule has 1 heterocycles. The van der Waals surface area contributed by atoms with Crippen LogP contribution in [0.5, 0.6) is 0 Å². The van der Waals surface area contributed by atoms with Crippen LogP contribution in [-0.4, -0.2) is 50.3 Å². The average Bonchev–Trinajstić information content (AvgIpc) is 2.41. The largest absolute Gasteiger partial charge is 0.461 e. The summed E-state index contributed by atoms with van der Waals surface area (Å²) in [5.41, 5.74) is 0.606. The maximum Gasteiger partial charge on any atom is 0.338 e. The molecule has 0 unspecified atom stereocenters. The van der Waals surface area contributed by atoms with Crippen molar-refractivity contribution < 1.29 is 14.3 Å². The summed E-state index contributed by atoms with van der Waals surface area (Å²) in [4.78, 5) is 13.9. The Morgan fingerprint density at radius 3 is 2.56 bits per heavy atom. The fraction of sp³-hybridized carbons (Fsp3) is 0.462. The lowest BCUT2D eigenvalue weighted by Crippen LogP contribution is -2.38. The maximum atomic E-state index is 11.6. The predicted octanol–water partition coefficient (Wildman–Crippen LogP) is 1.60. The zero-order chi connectivity index (χ0) is 11.9. The van der Waals surface area contributed by atoms with Crippen LogP contribution in [0.25, 0.3) is 0 Å². The molecule has 0 atom stereocenters. The van der Waals surface area contributed by atoms with Gasteiger partial charge in [-0.05, 0) is 12.1 Å². The van der Waals surface area contributed by atoms with Gasteiger partial charge < -0.3 is 9.47 Å². The van der Waals surface area contributed by atoms with Crippen LogP contribution in [0.4, 0.5) is 0 Å². The molecule has 0 N–H and O–H groups in total. The minimum Gasteiger partial charge on any atom is -0.461 e. The molecule has 0 radical (unpaired) electrons. The van der Waals surface area contributed by atoms with Crippen molar-refractivity contribution in [3.05, 3.63) is 35.9 Å². The normalized spacial score (nSPS) is 15.8. The summed E-state index contributed by atoms with van der Waals surface area (Å²) in [6.45, 7) is 4.60. The summed E-state index contributed by atoms with van der Waals surface area (Å²) < 4.78 is 10.5. The van der Waals surface area contributed by atoms with Gasteiger partial charge in [0.25, 0.3) is 0 Å². The second-order valence-corrected chi connectivity index (χ2v) is 3.96. The maximum absolute atomic E-state index is 11.6. The highest BCUT2D eigenvalue weighted by Crippen LogP contribution is 2.02. The van der Waals surface area contributed by atoms with Gasteiger partial charge in [-0.2, -0.15) is 0 Å². The molecule has 1 aromatic rings. The lowest BCUT2D eigenvalue weighted by molar-refractivity contribution is 0.0195. The quantitative estimate of drug-likeness (QED) is 0.780. The summed E-state index contributed by atoms with van der Waals surface area (Å²) in [5.74, 6) is -0.251. The van der Waals surface area contributed by atoms with E-state index in [0.717, 1.165) is 32.8 Å². The Kier molecular flexibility index (Phi) is 6.72. The SMILES string of the molecule is Cl.O=C(OCCN1CCOCC1)c1ccccc1. The van der Waals surface area contributed by atoms with Crippen LogP contribution in [0, 0.1) is 0 Å². The van der Waals surface area contributed by atoms with E-state index in [1.54, 1.807) is 12.1 Å². The fourth-order valence-corrected chi connectivity index (χ4v) is 1.75. The highest BCUT2D eigenvalue weighted by atomic mass is 35.5. The standard InChI is InChI=1S/C13H17NO3.ClH/c15-13(12-4-2-1-3-5-12)17-11-8-14-6-9-16-10-7-14;/h1-5H,6-11H2;1H. The van der Waals surface area contributed by atoms with E-state index in [2.05, 4.69) is 4.90 Å². The molecule has 1 saturated heterocycles. The molecule has 0 spiro atoms. The van der Waals surface area contributed by atoms with Gasteiger partial charge in [-0.3, -0.25) is 4.90 Å². The van der Waals surface area contributed by atoms with E-state index >= 15 is 0 Å². The van der Waals surface area contributed by atoms with Crippen molar-refractivity contribution in [2.75, 3.05) is 39.5 Å². The number of nitrogens with zero attached hydrogens (tertiary/aromatic N) is 1. The van der Waals surface area contributed by atoms with Gasteiger partial charge >= 0.3 is 5.97 Å². The number of ether oxygens (including phenoxy) is 2. The number of hydrogen-bond donors (Lipinski definition) is 0. The first-order valence-electron chi connectivity index (χ1n) is 5.88. The van der Waals surface area contributed by atoms with E-state index in [-0.39, 0.29) is 18.4 Å². The number of esters is 1. The molecular formula is C13H18ClNO3. The van der Waals surface area contributed by atoms with Gasteiger partial charge in [0.1, 0.15) is 6.61 Å². The molecule has 1 aromatic carbocycles. The second-order valence-electron chi connectivity index (χ2n) is 3.96. The molecule has 0 aromatic heterocycles. The van der Waals surface area contributed by atoms with Gasteiger partial charge in [0.05, 0.1) is 18.8 Å². The molecule has 0 aliphatic carbocycles. The number of morpholine rings is 1. The smallest absolute Gasteiger partial charge is 0.338 e. The van der Waals surface area contributed by atoms with Crippen molar-refractivity contribution >= 4 is 18.4 Å². The predicted molar refractivity (Wildman–Crippen MR) is 71.2 cm³/mol. The van der Waals surface area contributed by atoms with Crippen molar-refractivity contribution in [1.29, 1.82) is 0 Å². The number of hydrogen-bond acceptors (Lipinski definition) is 4. The molecule has 5 heteroatoms. The van der Waals surface area contributed by atoms with Crippen LogP contribution in [0.2, 0.25) is 0 Å². The highest BCUT2D eigenvalue weighted by molar-refractivity contribution is 5.89. The Hall–Kier alpha value is -1.10. The van der Waals surface area contributed by atoms with Crippen LogP contribution < -0.4 is 0 Å². The van der Waals surface area contributed by atoms with Crippen molar-refractivity contribution in [1.82, 2.24) is 4.90 Å². The topological polar surface area (TPSA) is 38.8 Å². The molecule has 0 bridgehead atoms. The molecule has 100 valence electrons. The summed E-state index contributed by atoms with van der Waals surface area (Å²) in [5, 5.41) is 0. The van der Waals surface area contributed by atoms with Crippen molar-refractivity contribution in [2.24, 2.45) is 0 Å².